The van der Waals surface area contributed by atoms with Crippen LogP contribution in [-0.4, -0.2) is 55.6 Å². The van der Waals surface area contributed by atoms with Crippen LogP contribution in [0.1, 0.15) is 25.0 Å². The first-order valence-corrected chi connectivity index (χ1v) is 15.2. The van der Waals surface area contributed by atoms with Crippen LogP contribution in [0.2, 0.25) is 15.1 Å². The van der Waals surface area contributed by atoms with Crippen molar-refractivity contribution in [3.8, 4) is 0 Å². The summed E-state index contributed by atoms with van der Waals surface area (Å²) in [5.74, 6) is -0.770. The minimum absolute atomic E-state index is 0.0107. The lowest BCUT2D eigenvalue weighted by molar-refractivity contribution is -0.141. The van der Waals surface area contributed by atoms with Gasteiger partial charge in [-0.2, -0.15) is 4.31 Å². The first-order chi connectivity index (χ1) is 18.9. The van der Waals surface area contributed by atoms with Crippen molar-refractivity contribution in [1.29, 1.82) is 0 Å². The van der Waals surface area contributed by atoms with Crippen molar-refractivity contribution in [2.75, 3.05) is 20.1 Å². The van der Waals surface area contributed by atoms with E-state index in [1.807, 2.05) is 44.2 Å². The van der Waals surface area contributed by atoms with Crippen LogP contribution in [-0.2, 0) is 32.6 Å². The Balaban J connectivity index is 2.01. The third-order valence-corrected chi connectivity index (χ3v) is 9.00. The molecule has 11 heteroatoms. The second-order valence-corrected chi connectivity index (χ2v) is 13.1. The first kappa shape index (κ1) is 31.9. The lowest BCUT2D eigenvalue weighted by Gasteiger charge is -2.33. The maximum absolute atomic E-state index is 13.9. The van der Waals surface area contributed by atoms with Gasteiger partial charge in [-0.25, -0.2) is 8.42 Å². The van der Waals surface area contributed by atoms with E-state index in [1.54, 1.807) is 18.2 Å². The molecular weight excluding hydrogens is 593 g/mol. The Morgan fingerprint density at radius 1 is 0.875 bits per heavy atom. The average Bonchev–Trinajstić information content (AvgIpc) is 2.91. The molecule has 0 aliphatic rings. The largest absolute Gasteiger partial charge is 0.354 e. The highest BCUT2D eigenvalue weighted by atomic mass is 35.5. The van der Waals surface area contributed by atoms with Gasteiger partial charge in [-0.05, 0) is 47.9 Å². The zero-order valence-electron chi connectivity index (χ0n) is 22.5. The van der Waals surface area contributed by atoms with E-state index in [4.69, 9.17) is 34.8 Å². The van der Waals surface area contributed by atoms with Crippen molar-refractivity contribution >= 4 is 56.6 Å². The number of carbonyl (C=O) groups excluding carboxylic acids is 2. The summed E-state index contributed by atoms with van der Waals surface area (Å²) < 4.78 is 27.4. The predicted octanol–water partition coefficient (Wildman–Crippen LogP) is 5.68. The van der Waals surface area contributed by atoms with Gasteiger partial charge in [-0.15, -0.1) is 0 Å². The van der Waals surface area contributed by atoms with Crippen LogP contribution in [0.5, 0.6) is 0 Å². The van der Waals surface area contributed by atoms with E-state index < -0.39 is 28.5 Å². The predicted molar refractivity (Wildman–Crippen MR) is 160 cm³/mol. The maximum Gasteiger partial charge on any atom is 0.243 e. The molecule has 0 saturated carbocycles. The van der Waals surface area contributed by atoms with Gasteiger partial charge in [0.1, 0.15) is 6.04 Å². The second-order valence-electron chi connectivity index (χ2n) is 9.78. The molecule has 3 aromatic carbocycles. The van der Waals surface area contributed by atoms with E-state index >= 15 is 0 Å². The van der Waals surface area contributed by atoms with Gasteiger partial charge >= 0.3 is 0 Å². The molecule has 214 valence electrons. The fourth-order valence-electron chi connectivity index (χ4n) is 3.98. The minimum atomic E-state index is -4.03. The molecule has 3 rings (SSSR count). The Morgan fingerprint density at radius 2 is 1.48 bits per heavy atom. The number of benzene rings is 3. The van der Waals surface area contributed by atoms with Crippen LogP contribution >= 0.6 is 34.8 Å². The molecule has 1 atom stereocenters. The molecule has 0 radical (unpaired) electrons. The molecule has 0 saturated heterocycles. The Labute approximate surface area is 251 Å². The highest BCUT2D eigenvalue weighted by Gasteiger charge is 2.33. The van der Waals surface area contributed by atoms with Gasteiger partial charge in [-0.3, -0.25) is 9.59 Å². The number of amides is 2. The lowest BCUT2D eigenvalue weighted by Crippen LogP contribution is -2.53. The number of hydrogen-bond donors (Lipinski definition) is 1. The molecule has 0 aromatic heterocycles. The van der Waals surface area contributed by atoms with Crippen molar-refractivity contribution in [3.05, 3.63) is 99.0 Å². The Hall–Kier alpha value is -2.62. The summed E-state index contributed by atoms with van der Waals surface area (Å²) in [5.41, 5.74) is 1.29. The number of carbonyl (C=O) groups is 2. The van der Waals surface area contributed by atoms with Crippen LogP contribution in [0.4, 0.5) is 0 Å². The Bertz CT molecular complexity index is 1400. The molecule has 0 aliphatic carbocycles. The van der Waals surface area contributed by atoms with Crippen molar-refractivity contribution < 1.29 is 18.0 Å². The van der Waals surface area contributed by atoms with Gasteiger partial charge in [0.2, 0.25) is 21.8 Å². The molecule has 1 N–H and O–H groups in total. The van der Waals surface area contributed by atoms with Gasteiger partial charge in [0.15, 0.2) is 0 Å². The summed E-state index contributed by atoms with van der Waals surface area (Å²) in [6, 6.07) is 19.0. The smallest absolute Gasteiger partial charge is 0.243 e. The highest BCUT2D eigenvalue weighted by molar-refractivity contribution is 7.89. The summed E-state index contributed by atoms with van der Waals surface area (Å²) in [5, 5.41) is 3.96. The van der Waals surface area contributed by atoms with E-state index in [0.717, 1.165) is 9.87 Å². The fourth-order valence-corrected chi connectivity index (χ4v) is 5.75. The van der Waals surface area contributed by atoms with E-state index in [0.29, 0.717) is 27.2 Å². The summed E-state index contributed by atoms with van der Waals surface area (Å²) in [6.07, 6.45) is 0.201. The van der Waals surface area contributed by atoms with E-state index in [2.05, 4.69) is 5.32 Å². The molecule has 3 aromatic rings. The van der Waals surface area contributed by atoms with E-state index in [9.17, 15) is 18.0 Å². The molecule has 0 fully saturated rings. The molecule has 0 aliphatic heterocycles. The minimum Gasteiger partial charge on any atom is -0.354 e. The van der Waals surface area contributed by atoms with Gasteiger partial charge in [0.05, 0.1) is 11.4 Å². The Kier molecular flexibility index (Phi) is 11.4. The normalized spacial score (nSPS) is 12.4. The molecule has 2 amide bonds. The molecule has 0 bridgehead atoms. The Morgan fingerprint density at radius 3 is 2.05 bits per heavy atom. The number of halogens is 3. The van der Waals surface area contributed by atoms with Crippen molar-refractivity contribution in [2.24, 2.45) is 5.92 Å². The monoisotopic (exact) mass is 623 g/mol. The molecular formula is C29H32Cl3N3O4S. The van der Waals surface area contributed by atoms with Gasteiger partial charge in [0, 0.05) is 47.2 Å². The number of nitrogens with zero attached hydrogens (tertiary/aromatic N) is 2. The lowest BCUT2D eigenvalue weighted by atomic mass is 10.0. The van der Waals surface area contributed by atoms with E-state index in [-0.39, 0.29) is 29.7 Å². The van der Waals surface area contributed by atoms with Crippen LogP contribution in [0.25, 0.3) is 0 Å². The van der Waals surface area contributed by atoms with Crippen molar-refractivity contribution in [1.82, 2.24) is 14.5 Å². The number of hydrogen-bond acceptors (Lipinski definition) is 4. The highest BCUT2D eigenvalue weighted by Crippen LogP contribution is 2.27. The zero-order valence-corrected chi connectivity index (χ0v) is 25.6. The summed E-state index contributed by atoms with van der Waals surface area (Å²) >= 11 is 18.8. The number of nitrogens with one attached hydrogen (secondary N) is 1. The van der Waals surface area contributed by atoms with Gasteiger partial charge in [-0.1, -0.05) is 85.0 Å². The second kappa shape index (κ2) is 14.3. The fraction of sp³-hybridized carbons (Fsp3) is 0.310. The molecule has 40 heavy (non-hydrogen) atoms. The van der Waals surface area contributed by atoms with Crippen molar-refractivity contribution in [3.63, 3.8) is 0 Å². The summed E-state index contributed by atoms with van der Waals surface area (Å²) in [6.45, 7) is 3.73. The average molecular weight is 625 g/mol. The van der Waals surface area contributed by atoms with Crippen molar-refractivity contribution in [2.45, 2.75) is 37.8 Å². The molecule has 0 heterocycles. The van der Waals surface area contributed by atoms with Crippen LogP contribution in [0.15, 0.2) is 77.7 Å². The number of rotatable bonds is 12. The third-order valence-electron chi connectivity index (χ3n) is 6.23. The maximum atomic E-state index is 13.9. The van der Waals surface area contributed by atoms with Gasteiger partial charge < -0.3 is 10.2 Å². The van der Waals surface area contributed by atoms with E-state index in [1.165, 1.54) is 36.2 Å². The molecule has 7 nitrogen and oxygen atoms in total. The number of likely N-dealkylation sites (N-methyl/N-ethyl adjacent to an activating group) is 1. The first-order valence-electron chi connectivity index (χ1n) is 12.7. The molecule has 0 spiro atoms. The zero-order chi connectivity index (χ0) is 29.4. The van der Waals surface area contributed by atoms with Gasteiger partial charge in [0.25, 0.3) is 0 Å². The topological polar surface area (TPSA) is 86.8 Å². The van der Waals surface area contributed by atoms with Crippen LogP contribution < -0.4 is 5.32 Å². The summed E-state index contributed by atoms with van der Waals surface area (Å²) in [7, 11) is -2.71. The summed E-state index contributed by atoms with van der Waals surface area (Å²) in [4.78, 5) is 28.8. The third kappa shape index (κ3) is 8.44. The van der Waals surface area contributed by atoms with Crippen LogP contribution in [0.3, 0.4) is 0 Å². The number of sulfonamides is 1. The van der Waals surface area contributed by atoms with Crippen LogP contribution in [0, 0.1) is 5.92 Å². The standard InChI is InChI=1S/C29H32Cl3N3O4S/c1-20(2)17-33-29(37)27(16-21-8-5-4-6-9-21)35(18-24-25(31)10-7-11-26(24)32)28(36)19-34(3)40(38,39)23-14-12-22(30)13-15-23/h4-15,20,27H,16-19H2,1-3H3,(H,33,37)/t27-/m0/s1. The molecule has 0 unspecified atom stereocenters. The quantitative estimate of drug-likeness (QED) is 0.281. The SMILES string of the molecule is CC(C)CNC(=O)[C@H](Cc1ccccc1)N(Cc1c(Cl)cccc1Cl)C(=O)CN(C)S(=O)(=O)c1ccc(Cl)cc1.